The lowest BCUT2D eigenvalue weighted by Crippen LogP contribution is -1.93. The third kappa shape index (κ3) is 4.56. The standard InChI is InChI=1S/C60H38/c1-35-15-11-16-36(2)57(35)47-29-30-48-50-32-54-52(31-49(50)45-27-14-26-44(47)59(45)48)53-34-55-42-22-10-9-21-41(42)43-25-13-28-46(60(43)55)51(53)33-56(54)58-39(37-17-5-3-6-18-37)23-12-24-40(58)38-19-7-4-8-20-38/h3-34H,1-2H3. The number of hydrogen-bond donors (Lipinski definition) is 0. The summed E-state index contributed by atoms with van der Waals surface area (Å²) >= 11 is 0. The van der Waals surface area contributed by atoms with Crippen molar-refractivity contribution in [3.05, 3.63) is 205 Å². The van der Waals surface area contributed by atoms with Gasteiger partial charge in [0.2, 0.25) is 0 Å². The van der Waals surface area contributed by atoms with Crippen LogP contribution in [0.1, 0.15) is 11.1 Å². The highest BCUT2D eigenvalue weighted by Gasteiger charge is 2.23. The highest BCUT2D eigenvalue weighted by Crippen LogP contribution is 2.51. The minimum atomic E-state index is 1.21. The summed E-state index contributed by atoms with van der Waals surface area (Å²) in [5.74, 6) is 0. The summed E-state index contributed by atoms with van der Waals surface area (Å²) in [6.45, 7) is 4.49. The van der Waals surface area contributed by atoms with Gasteiger partial charge in [-0.3, -0.25) is 0 Å². The third-order valence-corrected chi connectivity index (χ3v) is 13.6. The van der Waals surface area contributed by atoms with E-state index in [0.717, 1.165) is 0 Å². The molecule has 0 aromatic heterocycles. The summed E-state index contributed by atoms with van der Waals surface area (Å²) in [4.78, 5) is 0. The number of fused-ring (bicyclic) bond motifs is 10. The topological polar surface area (TPSA) is 0 Å². The normalized spacial score (nSPS) is 12.2. The fourth-order valence-electron chi connectivity index (χ4n) is 11.1. The van der Waals surface area contributed by atoms with Crippen LogP contribution in [0.2, 0.25) is 0 Å². The molecule has 0 aliphatic heterocycles. The summed E-state index contributed by atoms with van der Waals surface area (Å²) in [5, 5.41) is 21.0. The maximum atomic E-state index is 2.54. The Morgan fingerprint density at radius 3 is 1.28 bits per heavy atom. The van der Waals surface area contributed by atoms with E-state index in [9.17, 15) is 0 Å². The molecule has 13 aromatic carbocycles. The first-order valence-electron chi connectivity index (χ1n) is 21.1. The van der Waals surface area contributed by atoms with Gasteiger partial charge in [-0.2, -0.15) is 0 Å². The molecule has 13 rings (SSSR count). The molecule has 0 nitrogen and oxygen atoms in total. The first-order chi connectivity index (χ1) is 29.6. The van der Waals surface area contributed by atoms with Gasteiger partial charge in [-0.15, -0.1) is 0 Å². The van der Waals surface area contributed by atoms with Crippen molar-refractivity contribution < 1.29 is 0 Å². The molecule has 0 heterocycles. The van der Waals surface area contributed by atoms with E-state index in [1.165, 1.54) is 142 Å². The summed E-state index contributed by atoms with van der Waals surface area (Å²) < 4.78 is 0. The SMILES string of the molecule is Cc1cccc(C)c1-c1ccc2c3cc4c(-c5c(-c6ccccc6)cccc5-c5ccccc5)cc5c(cc6c7ccccc7c7cccc5c76)c4cc3c3cccc1c23. The van der Waals surface area contributed by atoms with E-state index in [-0.39, 0.29) is 0 Å². The minimum absolute atomic E-state index is 1.21. The highest BCUT2D eigenvalue weighted by molar-refractivity contribution is 6.39. The molecule has 0 heteroatoms. The maximum Gasteiger partial charge on any atom is -0.00199 e. The molecule has 60 heavy (non-hydrogen) atoms. The Morgan fingerprint density at radius 1 is 0.217 bits per heavy atom. The number of rotatable bonds is 4. The van der Waals surface area contributed by atoms with Crippen LogP contribution in [0, 0.1) is 13.8 Å². The van der Waals surface area contributed by atoms with Crippen molar-refractivity contribution >= 4 is 86.2 Å². The quantitative estimate of drug-likeness (QED) is 0.157. The average molecular weight is 759 g/mol. The van der Waals surface area contributed by atoms with Crippen molar-refractivity contribution in [3.8, 4) is 44.5 Å². The van der Waals surface area contributed by atoms with Crippen LogP contribution in [-0.2, 0) is 0 Å². The van der Waals surface area contributed by atoms with Gasteiger partial charge in [0, 0.05) is 0 Å². The van der Waals surface area contributed by atoms with Crippen molar-refractivity contribution in [1.29, 1.82) is 0 Å². The van der Waals surface area contributed by atoms with Gasteiger partial charge >= 0.3 is 0 Å². The van der Waals surface area contributed by atoms with Gasteiger partial charge in [-0.05, 0) is 180 Å². The predicted molar refractivity (Wildman–Crippen MR) is 260 cm³/mol. The molecule has 0 spiro atoms. The van der Waals surface area contributed by atoms with Crippen LogP contribution in [0.3, 0.4) is 0 Å². The molecule has 0 unspecified atom stereocenters. The van der Waals surface area contributed by atoms with E-state index in [0.29, 0.717) is 0 Å². The molecule has 0 fully saturated rings. The molecule has 0 N–H and O–H groups in total. The highest BCUT2D eigenvalue weighted by atomic mass is 14.3. The Labute approximate surface area is 348 Å². The first-order valence-corrected chi connectivity index (χ1v) is 21.1. The summed E-state index contributed by atoms with van der Waals surface area (Å²) in [7, 11) is 0. The largest absolute Gasteiger partial charge is 0.0622 e. The number of benzene rings is 11. The van der Waals surface area contributed by atoms with E-state index in [4.69, 9.17) is 0 Å². The molecule has 278 valence electrons. The smallest absolute Gasteiger partial charge is 0.00199 e. The van der Waals surface area contributed by atoms with E-state index in [1.807, 2.05) is 0 Å². The van der Waals surface area contributed by atoms with Gasteiger partial charge in [-0.25, -0.2) is 0 Å². The fourth-order valence-corrected chi connectivity index (χ4v) is 11.1. The molecule has 0 aliphatic rings. The Kier molecular flexibility index (Phi) is 6.95. The minimum Gasteiger partial charge on any atom is -0.0622 e. The zero-order valence-corrected chi connectivity index (χ0v) is 33.5. The van der Waals surface area contributed by atoms with E-state index in [1.54, 1.807) is 0 Å². The molecule has 0 aliphatic carbocycles. The Balaban J connectivity index is 1.24. The van der Waals surface area contributed by atoms with Crippen LogP contribution in [0.15, 0.2) is 194 Å². The van der Waals surface area contributed by atoms with Crippen molar-refractivity contribution in [2.24, 2.45) is 0 Å². The molecule has 0 saturated heterocycles. The van der Waals surface area contributed by atoms with E-state index >= 15 is 0 Å². The monoisotopic (exact) mass is 758 g/mol. The van der Waals surface area contributed by atoms with Crippen LogP contribution < -0.4 is 0 Å². The lowest BCUT2D eigenvalue weighted by atomic mass is 9.83. The summed E-state index contributed by atoms with van der Waals surface area (Å²) in [6, 6.07) is 73.1. The van der Waals surface area contributed by atoms with Crippen LogP contribution in [0.4, 0.5) is 0 Å². The summed E-state index contributed by atoms with van der Waals surface area (Å²) in [5.41, 5.74) is 12.7. The van der Waals surface area contributed by atoms with Gasteiger partial charge < -0.3 is 0 Å². The van der Waals surface area contributed by atoms with Crippen molar-refractivity contribution in [1.82, 2.24) is 0 Å². The summed E-state index contributed by atoms with van der Waals surface area (Å²) in [6.07, 6.45) is 0. The molecule has 0 atom stereocenters. The number of hydrogen-bond acceptors (Lipinski definition) is 0. The zero-order chi connectivity index (χ0) is 39.6. The Hall–Kier alpha value is -7.54. The van der Waals surface area contributed by atoms with Crippen LogP contribution in [-0.4, -0.2) is 0 Å². The first kappa shape index (κ1) is 33.4. The molecule has 13 aromatic rings. The Bertz CT molecular complexity index is 3790. The molecule has 0 radical (unpaired) electrons. The predicted octanol–water partition coefficient (Wildman–Crippen LogP) is 17.1. The number of aryl methyl sites for hydroxylation is 2. The second kappa shape index (κ2) is 12.5. The van der Waals surface area contributed by atoms with Crippen LogP contribution in [0.5, 0.6) is 0 Å². The lowest BCUT2D eigenvalue weighted by Gasteiger charge is -2.20. The lowest BCUT2D eigenvalue weighted by molar-refractivity contribution is 1.39. The second-order valence-electron chi connectivity index (χ2n) is 16.8. The second-order valence-corrected chi connectivity index (χ2v) is 16.8. The van der Waals surface area contributed by atoms with Gasteiger partial charge in [0.1, 0.15) is 0 Å². The molecular formula is C60H38. The molecular weight excluding hydrogens is 721 g/mol. The van der Waals surface area contributed by atoms with Gasteiger partial charge in [0.15, 0.2) is 0 Å². The van der Waals surface area contributed by atoms with Crippen LogP contribution in [0.25, 0.3) is 131 Å². The van der Waals surface area contributed by atoms with E-state index in [2.05, 4.69) is 208 Å². The fraction of sp³-hybridized carbons (Fsp3) is 0.0333. The third-order valence-electron chi connectivity index (χ3n) is 13.6. The van der Waals surface area contributed by atoms with E-state index < -0.39 is 0 Å². The maximum absolute atomic E-state index is 2.54. The zero-order valence-electron chi connectivity index (χ0n) is 33.5. The molecule has 0 saturated carbocycles. The molecule has 0 amide bonds. The Morgan fingerprint density at radius 2 is 0.633 bits per heavy atom. The van der Waals surface area contributed by atoms with Gasteiger partial charge in [-0.1, -0.05) is 170 Å². The van der Waals surface area contributed by atoms with Crippen molar-refractivity contribution in [2.75, 3.05) is 0 Å². The van der Waals surface area contributed by atoms with Crippen molar-refractivity contribution in [2.45, 2.75) is 13.8 Å². The van der Waals surface area contributed by atoms with Gasteiger partial charge in [0.25, 0.3) is 0 Å². The van der Waals surface area contributed by atoms with Crippen molar-refractivity contribution in [3.63, 3.8) is 0 Å². The molecule has 0 bridgehead atoms. The average Bonchev–Trinajstić information content (AvgIpc) is 3.80. The van der Waals surface area contributed by atoms with Gasteiger partial charge in [0.05, 0.1) is 0 Å². The van der Waals surface area contributed by atoms with Crippen LogP contribution >= 0.6 is 0 Å².